The number of nitrogens with one attached hydrogen (secondary N) is 1. The van der Waals surface area contributed by atoms with Crippen LogP contribution in [0.1, 0.15) is 34.8 Å². The maximum absolute atomic E-state index is 12.4. The maximum Gasteiger partial charge on any atom is 0.374 e. The van der Waals surface area contributed by atoms with Crippen molar-refractivity contribution in [3.63, 3.8) is 0 Å². The molecule has 0 aliphatic carbocycles. The number of carbonyl (C=O) groups excluding carboxylic acids is 3. The number of halogens is 1. The van der Waals surface area contributed by atoms with Gasteiger partial charge in [-0.1, -0.05) is 11.6 Å². The number of ketones is 1. The Labute approximate surface area is 160 Å². The number of amides is 1. The minimum atomic E-state index is -0.999. The lowest BCUT2D eigenvalue weighted by Crippen LogP contribution is -2.24. The Morgan fingerprint density at radius 1 is 1.07 bits per heavy atom. The molecule has 27 heavy (non-hydrogen) atoms. The zero-order chi connectivity index (χ0) is 19.6. The smallest absolute Gasteiger partial charge is 0.374 e. The van der Waals surface area contributed by atoms with Gasteiger partial charge in [0.1, 0.15) is 5.58 Å². The van der Waals surface area contributed by atoms with Crippen LogP contribution in [0, 0.1) is 0 Å². The highest BCUT2D eigenvalue weighted by Crippen LogP contribution is 2.24. The first kappa shape index (κ1) is 18.7. The molecule has 0 aliphatic heterocycles. The van der Waals surface area contributed by atoms with Crippen LogP contribution in [-0.4, -0.2) is 23.8 Å². The second kappa shape index (κ2) is 7.63. The van der Waals surface area contributed by atoms with Crippen molar-refractivity contribution in [3.8, 4) is 0 Å². The van der Waals surface area contributed by atoms with E-state index >= 15 is 0 Å². The van der Waals surface area contributed by atoms with E-state index in [0.717, 1.165) is 0 Å². The Bertz CT molecular complexity index is 1020. The molecular formula is C20H16ClNO5. The Kier molecular flexibility index (Phi) is 5.28. The van der Waals surface area contributed by atoms with E-state index in [4.69, 9.17) is 20.8 Å². The summed E-state index contributed by atoms with van der Waals surface area (Å²) in [6.45, 7) is 2.88. The first-order valence-electron chi connectivity index (χ1n) is 8.15. The summed E-state index contributed by atoms with van der Waals surface area (Å²) in [6, 6.07) is 12.8. The van der Waals surface area contributed by atoms with Crippen molar-refractivity contribution in [2.24, 2.45) is 0 Å². The summed E-state index contributed by atoms with van der Waals surface area (Å²) in [4.78, 5) is 35.7. The summed E-state index contributed by atoms with van der Waals surface area (Å²) in [5, 5.41) is 3.80. The molecule has 1 N–H and O–H groups in total. The number of carbonyl (C=O) groups is 3. The highest BCUT2D eigenvalue weighted by Gasteiger charge is 2.22. The Morgan fingerprint density at radius 2 is 1.78 bits per heavy atom. The first-order valence-corrected chi connectivity index (χ1v) is 8.53. The standard InChI is InChI=1S/C20H16ClNO5/c1-11(19(24)13-3-6-16(7-4-13)22-12(2)23)26-20(25)18-10-14-9-15(21)5-8-17(14)27-18/h3-11H,1-2H3,(H,22,23)/t11-/m0/s1. The number of hydrogen-bond acceptors (Lipinski definition) is 5. The quantitative estimate of drug-likeness (QED) is 0.517. The highest BCUT2D eigenvalue weighted by molar-refractivity contribution is 6.31. The molecule has 1 atom stereocenters. The minimum absolute atomic E-state index is 0.00655. The van der Waals surface area contributed by atoms with E-state index in [1.54, 1.807) is 42.5 Å². The van der Waals surface area contributed by atoms with E-state index in [9.17, 15) is 14.4 Å². The van der Waals surface area contributed by atoms with Gasteiger partial charge in [-0.25, -0.2) is 4.79 Å². The van der Waals surface area contributed by atoms with Gasteiger partial charge in [-0.05, 0) is 55.5 Å². The van der Waals surface area contributed by atoms with Gasteiger partial charge in [0, 0.05) is 28.6 Å². The molecule has 0 saturated carbocycles. The largest absolute Gasteiger partial charge is 0.449 e. The van der Waals surface area contributed by atoms with E-state index in [-0.39, 0.29) is 17.5 Å². The third-order valence-electron chi connectivity index (χ3n) is 3.82. The number of esters is 1. The van der Waals surface area contributed by atoms with Crippen molar-refractivity contribution in [1.29, 1.82) is 0 Å². The molecule has 0 bridgehead atoms. The topological polar surface area (TPSA) is 85.6 Å². The zero-order valence-electron chi connectivity index (χ0n) is 14.6. The summed E-state index contributed by atoms with van der Waals surface area (Å²) >= 11 is 5.91. The summed E-state index contributed by atoms with van der Waals surface area (Å²) < 4.78 is 10.7. The Balaban J connectivity index is 1.69. The molecule has 0 radical (unpaired) electrons. The molecule has 0 aliphatic rings. The van der Waals surface area contributed by atoms with Crippen LogP contribution in [0.5, 0.6) is 0 Å². The molecule has 1 aromatic heterocycles. The zero-order valence-corrected chi connectivity index (χ0v) is 15.4. The number of benzene rings is 2. The highest BCUT2D eigenvalue weighted by atomic mass is 35.5. The van der Waals surface area contributed by atoms with Crippen molar-refractivity contribution in [2.45, 2.75) is 20.0 Å². The monoisotopic (exact) mass is 385 g/mol. The summed E-state index contributed by atoms with van der Waals surface area (Å²) in [5.41, 5.74) is 1.43. The van der Waals surface area contributed by atoms with Gasteiger partial charge in [0.25, 0.3) is 0 Å². The molecular weight excluding hydrogens is 370 g/mol. The van der Waals surface area contributed by atoms with Gasteiger partial charge >= 0.3 is 5.97 Å². The average Bonchev–Trinajstić information content (AvgIpc) is 3.04. The van der Waals surface area contributed by atoms with E-state index in [2.05, 4.69) is 5.32 Å². The molecule has 1 heterocycles. The van der Waals surface area contributed by atoms with Gasteiger partial charge in [0.15, 0.2) is 6.10 Å². The number of fused-ring (bicyclic) bond motifs is 1. The van der Waals surface area contributed by atoms with Gasteiger partial charge in [-0.3, -0.25) is 9.59 Å². The van der Waals surface area contributed by atoms with Crippen LogP contribution in [0.2, 0.25) is 5.02 Å². The van der Waals surface area contributed by atoms with Gasteiger partial charge < -0.3 is 14.5 Å². The van der Waals surface area contributed by atoms with E-state index < -0.39 is 12.1 Å². The number of furan rings is 1. The predicted octanol–water partition coefficient (Wildman–Crippen LogP) is 4.47. The third-order valence-corrected chi connectivity index (χ3v) is 4.06. The SMILES string of the molecule is CC(=O)Nc1ccc(C(=O)[C@H](C)OC(=O)c2cc3cc(Cl)ccc3o2)cc1. The lowest BCUT2D eigenvalue weighted by atomic mass is 10.1. The predicted molar refractivity (Wildman–Crippen MR) is 101 cm³/mol. The van der Waals surface area contributed by atoms with Gasteiger partial charge in [-0.15, -0.1) is 0 Å². The molecule has 1 amide bonds. The first-order chi connectivity index (χ1) is 12.8. The molecule has 3 rings (SSSR count). The van der Waals surface area contributed by atoms with Gasteiger partial charge in [0.05, 0.1) is 0 Å². The fourth-order valence-corrected chi connectivity index (χ4v) is 2.72. The fourth-order valence-electron chi connectivity index (χ4n) is 2.54. The molecule has 7 heteroatoms. The summed E-state index contributed by atoms with van der Waals surface area (Å²) in [7, 11) is 0. The van der Waals surface area contributed by atoms with Crippen LogP contribution in [0.3, 0.4) is 0 Å². The van der Waals surface area contributed by atoms with E-state index in [0.29, 0.717) is 27.2 Å². The van der Waals surface area contributed by atoms with Crippen LogP contribution in [0.4, 0.5) is 5.69 Å². The van der Waals surface area contributed by atoms with Crippen molar-refractivity contribution >= 4 is 45.9 Å². The molecule has 0 spiro atoms. The van der Waals surface area contributed by atoms with Crippen molar-refractivity contribution in [3.05, 3.63) is 64.9 Å². The van der Waals surface area contributed by atoms with Crippen molar-refractivity contribution in [2.75, 3.05) is 5.32 Å². The fraction of sp³-hybridized carbons (Fsp3) is 0.150. The number of rotatable bonds is 5. The second-order valence-electron chi connectivity index (χ2n) is 5.96. The van der Waals surface area contributed by atoms with Crippen molar-refractivity contribution in [1.82, 2.24) is 0 Å². The lowest BCUT2D eigenvalue weighted by molar-refractivity contribution is -0.114. The van der Waals surface area contributed by atoms with Gasteiger partial charge in [-0.2, -0.15) is 0 Å². The van der Waals surface area contributed by atoms with Crippen molar-refractivity contribution < 1.29 is 23.5 Å². The van der Waals surface area contributed by atoms with E-state index in [1.807, 2.05) is 0 Å². The van der Waals surface area contributed by atoms with Crippen LogP contribution in [-0.2, 0) is 9.53 Å². The van der Waals surface area contributed by atoms with Crippen LogP contribution in [0.25, 0.3) is 11.0 Å². The van der Waals surface area contributed by atoms with Crippen LogP contribution in [0.15, 0.2) is 52.9 Å². The molecule has 3 aromatic rings. The molecule has 0 fully saturated rings. The normalized spacial score (nSPS) is 11.8. The lowest BCUT2D eigenvalue weighted by Gasteiger charge is -2.11. The molecule has 0 saturated heterocycles. The Hall–Kier alpha value is -3.12. The van der Waals surface area contributed by atoms with Crippen LogP contribution >= 0.6 is 11.6 Å². The van der Waals surface area contributed by atoms with E-state index in [1.165, 1.54) is 19.9 Å². The number of hydrogen-bond donors (Lipinski definition) is 1. The van der Waals surface area contributed by atoms with Gasteiger partial charge in [0.2, 0.25) is 17.5 Å². The Morgan fingerprint density at radius 3 is 2.44 bits per heavy atom. The number of anilines is 1. The average molecular weight is 386 g/mol. The van der Waals surface area contributed by atoms with Crippen LogP contribution < -0.4 is 5.32 Å². The molecule has 6 nitrogen and oxygen atoms in total. The third kappa shape index (κ3) is 4.35. The summed E-state index contributed by atoms with van der Waals surface area (Å²) in [6.07, 6.45) is -0.999. The molecule has 2 aromatic carbocycles. The summed E-state index contributed by atoms with van der Waals surface area (Å²) in [5.74, 6) is -1.31. The molecule has 138 valence electrons. The second-order valence-corrected chi connectivity index (χ2v) is 6.40. The number of Topliss-reactive ketones (excluding diaryl/α,β-unsaturated/α-hetero) is 1. The maximum atomic E-state index is 12.4. The number of ether oxygens (including phenoxy) is 1. The minimum Gasteiger partial charge on any atom is -0.449 e. The molecule has 0 unspecified atom stereocenters.